The largest absolute Gasteiger partial charge is 0.356 e. The van der Waals surface area contributed by atoms with Crippen molar-refractivity contribution in [3.8, 4) is 0 Å². The molecule has 0 saturated carbocycles. The zero-order valence-corrected chi connectivity index (χ0v) is 15.4. The zero-order chi connectivity index (χ0) is 16.7. The van der Waals surface area contributed by atoms with Crippen molar-refractivity contribution in [1.82, 2.24) is 15.5 Å². The minimum Gasteiger partial charge on any atom is -0.356 e. The molecule has 4 nitrogen and oxygen atoms in total. The number of guanidine groups is 1. The molecule has 6 heteroatoms. The number of benzene rings is 1. The van der Waals surface area contributed by atoms with Gasteiger partial charge in [-0.25, -0.2) is 0 Å². The van der Waals surface area contributed by atoms with Gasteiger partial charge in [-0.15, -0.1) is 0 Å². The highest BCUT2D eigenvalue weighted by molar-refractivity contribution is 6.35. The summed E-state index contributed by atoms with van der Waals surface area (Å²) in [7, 11) is 3.98. The molecule has 128 valence electrons. The molecule has 2 N–H and O–H groups in total. The van der Waals surface area contributed by atoms with Crippen molar-refractivity contribution < 1.29 is 0 Å². The lowest BCUT2D eigenvalue weighted by Crippen LogP contribution is -2.38. The molecule has 1 saturated heterocycles. The lowest BCUT2D eigenvalue weighted by Gasteiger charge is -2.29. The SMILES string of the molecule is CN=C(NCCC1CCN(C)CC1)NCc1ccc(Cl)cc1Cl. The number of aliphatic imine (C=N–C) groups is 1. The molecule has 1 heterocycles. The van der Waals surface area contributed by atoms with Crippen LogP contribution in [0.15, 0.2) is 23.2 Å². The Labute approximate surface area is 149 Å². The van der Waals surface area contributed by atoms with Crippen molar-refractivity contribution in [2.24, 2.45) is 10.9 Å². The van der Waals surface area contributed by atoms with E-state index in [0.717, 1.165) is 24.0 Å². The van der Waals surface area contributed by atoms with Crippen LogP contribution >= 0.6 is 23.2 Å². The van der Waals surface area contributed by atoms with E-state index in [0.29, 0.717) is 16.6 Å². The van der Waals surface area contributed by atoms with Gasteiger partial charge in [-0.1, -0.05) is 29.3 Å². The van der Waals surface area contributed by atoms with Crippen molar-refractivity contribution in [1.29, 1.82) is 0 Å². The average Bonchev–Trinajstić information content (AvgIpc) is 2.54. The van der Waals surface area contributed by atoms with Gasteiger partial charge in [-0.3, -0.25) is 4.99 Å². The van der Waals surface area contributed by atoms with E-state index < -0.39 is 0 Å². The normalized spacial score (nSPS) is 17.3. The maximum Gasteiger partial charge on any atom is 0.191 e. The van der Waals surface area contributed by atoms with Gasteiger partial charge >= 0.3 is 0 Å². The van der Waals surface area contributed by atoms with Crippen molar-refractivity contribution in [2.45, 2.75) is 25.8 Å². The molecule has 1 aromatic rings. The third-order valence-corrected chi connectivity index (χ3v) is 4.96. The molecular weight excluding hydrogens is 331 g/mol. The number of piperidine rings is 1. The van der Waals surface area contributed by atoms with Gasteiger partial charge in [0.05, 0.1) is 0 Å². The van der Waals surface area contributed by atoms with Crippen LogP contribution < -0.4 is 10.6 Å². The molecule has 0 amide bonds. The number of nitrogens with zero attached hydrogens (tertiary/aromatic N) is 2. The summed E-state index contributed by atoms with van der Waals surface area (Å²) in [5.41, 5.74) is 1.01. The summed E-state index contributed by atoms with van der Waals surface area (Å²) in [5, 5.41) is 8.00. The van der Waals surface area contributed by atoms with Gasteiger partial charge in [0, 0.05) is 30.2 Å². The highest BCUT2D eigenvalue weighted by atomic mass is 35.5. The molecular formula is C17H26Cl2N4. The zero-order valence-electron chi connectivity index (χ0n) is 13.9. The van der Waals surface area contributed by atoms with Crippen LogP contribution in [0.4, 0.5) is 0 Å². The van der Waals surface area contributed by atoms with Crippen LogP contribution in [-0.4, -0.2) is 44.6 Å². The molecule has 0 atom stereocenters. The number of nitrogens with one attached hydrogen (secondary N) is 2. The van der Waals surface area contributed by atoms with Crippen LogP contribution in [0, 0.1) is 5.92 Å². The van der Waals surface area contributed by atoms with Crippen molar-refractivity contribution in [3.05, 3.63) is 33.8 Å². The Bertz CT molecular complexity index is 525. The van der Waals surface area contributed by atoms with E-state index in [4.69, 9.17) is 23.2 Å². The smallest absolute Gasteiger partial charge is 0.191 e. The Kier molecular flexibility index (Phi) is 7.47. The monoisotopic (exact) mass is 356 g/mol. The van der Waals surface area contributed by atoms with Gasteiger partial charge in [-0.2, -0.15) is 0 Å². The van der Waals surface area contributed by atoms with Gasteiger partial charge < -0.3 is 15.5 Å². The summed E-state index contributed by atoms with van der Waals surface area (Å²) in [4.78, 5) is 6.67. The molecule has 0 radical (unpaired) electrons. The van der Waals surface area contributed by atoms with Crippen molar-refractivity contribution in [3.63, 3.8) is 0 Å². The summed E-state index contributed by atoms with van der Waals surface area (Å²) in [5.74, 6) is 1.63. The Morgan fingerprint density at radius 2 is 2.00 bits per heavy atom. The fourth-order valence-electron chi connectivity index (χ4n) is 2.81. The second kappa shape index (κ2) is 9.36. The van der Waals surface area contributed by atoms with E-state index in [9.17, 15) is 0 Å². The predicted octanol–water partition coefficient (Wildman–Crippen LogP) is 3.39. The van der Waals surface area contributed by atoms with Crippen LogP contribution in [0.25, 0.3) is 0 Å². The number of rotatable bonds is 5. The van der Waals surface area contributed by atoms with E-state index >= 15 is 0 Å². The van der Waals surface area contributed by atoms with Gasteiger partial charge in [0.1, 0.15) is 0 Å². The van der Waals surface area contributed by atoms with Gasteiger partial charge in [0.25, 0.3) is 0 Å². The van der Waals surface area contributed by atoms with Gasteiger partial charge in [0.15, 0.2) is 5.96 Å². The minimum atomic E-state index is 0.629. The molecule has 1 aliphatic heterocycles. The molecule has 0 spiro atoms. The Hall–Kier alpha value is -0.970. The van der Waals surface area contributed by atoms with Gasteiger partial charge in [-0.05, 0) is 63.0 Å². The molecule has 0 aliphatic carbocycles. The average molecular weight is 357 g/mol. The van der Waals surface area contributed by atoms with Crippen molar-refractivity contribution in [2.75, 3.05) is 33.7 Å². The molecule has 0 aromatic heterocycles. The van der Waals surface area contributed by atoms with Crippen LogP contribution in [0.5, 0.6) is 0 Å². The molecule has 0 bridgehead atoms. The second-order valence-corrected chi connectivity index (χ2v) is 6.97. The minimum absolute atomic E-state index is 0.629. The van der Waals surface area contributed by atoms with Crippen LogP contribution in [0.1, 0.15) is 24.8 Å². The third kappa shape index (κ3) is 6.21. The molecule has 2 rings (SSSR count). The fourth-order valence-corrected chi connectivity index (χ4v) is 3.29. The topological polar surface area (TPSA) is 39.7 Å². The maximum atomic E-state index is 6.19. The molecule has 23 heavy (non-hydrogen) atoms. The predicted molar refractivity (Wildman–Crippen MR) is 99.5 cm³/mol. The molecule has 1 aromatic carbocycles. The molecule has 1 fully saturated rings. The summed E-state index contributed by atoms with van der Waals surface area (Å²) in [6.07, 6.45) is 3.78. The molecule has 0 unspecified atom stereocenters. The van der Waals surface area contributed by atoms with E-state index in [1.807, 2.05) is 12.1 Å². The Balaban J connectivity index is 1.71. The van der Waals surface area contributed by atoms with E-state index in [2.05, 4.69) is 27.6 Å². The first-order chi connectivity index (χ1) is 11.1. The second-order valence-electron chi connectivity index (χ2n) is 6.12. The summed E-state index contributed by atoms with van der Waals surface area (Å²) < 4.78 is 0. The lowest BCUT2D eigenvalue weighted by molar-refractivity contribution is 0.213. The Morgan fingerprint density at radius 3 is 2.65 bits per heavy atom. The number of halogens is 2. The summed E-state index contributed by atoms with van der Waals surface area (Å²) in [6.45, 7) is 4.01. The molecule has 1 aliphatic rings. The maximum absolute atomic E-state index is 6.19. The third-order valence-electron chi connectivity index (χ3n) is 4.37. The number of hydrogen-bond donors (Lipinski definition) is 2. The van der Waals surface area contributed by atoms with E-state index in [-0.39, 0.29) is 0 Å². The quantitative estimate of drug-likeness (QED) is 0.627. The number of likely N-dealkylation sites (tertiary alicyclic amines) is 1. The van der Waals surface area contributed by atoms with Crippen LogP contribution in [0.3, 0.4) is 0 Å². The first kappa shape index (κ1) is 18.4. The van der Waals surface area contributed by atoms with Crippen LogP contribution in [0.2, 0.25) is 10.0 Å². The summed E-state index contributed by atoms with van der Waals surface area (Å²) >= 11 is 12.1. The number of hydrogen-bond acceptors (Lipinski definition) is 2. The Morgan fingerprint density at radius 1 is 1.26 bits per heavy atom. The standard InChI is InChI=1S/C17H26Cl2N4/c1-20-17(21-8-5-13-6-9-23(2)10-7-13)22-12-14-3-4-15(18)11-16(14)19/h3-4,11,13H,5-10,12H2,1-2H3,(H2,20,21,22). The highest BCUT2D eigenvalue weighted by Crippen LogP contribution is 2.21. The van der Waals surface area contributed by atoms with Gasteiger partial charge in [0.2, 0.25) is 0 Å². The van der Waals surface area contributed by atoms with E-state index in [1.165, 1.54) is 32.4 Å². The van der Waals surface area contributed by atoms with Crippen molar-refractivity contribution >= 4 is 29.2 Å². The van der Waals surface area contributed by atoms with E-state index in [1.54, 1.807) is 13.1 Å². The first-order valence-electron chi connectivity index (χ1n) is 8.15. The lowest BCUT2D eigenvalue weighted by atomic mass is 9.94. The fraction of sp³-hybridized carbons (Fsp3) is 0.588. The van der Waals surface area contributed by atoms with Crippen LogP contribution in [-0.2, 0) is 6.54 Å². The summed E-state index contributed by atoms with van der Waals surface area (Å²) in [6, 6.07) is 5.54. The first-order valence-corrected chi connectivity index (χ1v) is 8.91. The highest BCUT2D eigenvalue weighted by Gasteiger charge is 2.16.